The molecule has 1 fully saturated rings. The lowest BCUT2D eigenvalue weighted by atomic mass is 9.99. The first-order chi connectivity index (χ1) is 12.0. The first-order valence-corrected chi connectivity index (χ1v) is 9.26. The molecule has 2 unspecified atom stereocenters. The molecule has 25 heavy (non-hydrogen) atoms. The zero-order valence-electron chi connectivity index (χ0n) is 14.6. The van der Waals surface area contributed by atoms with Crippen LogP contribution in [0.15, 0.2) is 57.9 Å². The molecule has 0 amide bonds. The third-order valence-corrected chi connectivity index (χ3v) is 5.81. The first-order valence-electron chi connectivity index (χ1n) is 8.38. The largest absolute Gasteiger partial charge is 0.339 e. The smallest absolute Gasteiger partial charge is 0.231 e. The highest BCUT2D eigenvalue weighted by molar-refractivity contribution is 7.97. The summed E-state index contributed by atoms with van der Waals surface area (Å²) in [5, 5.41) is 9.86. The van der Waals surface area contributed by atoms with Gasteiger partial charge in [-0.3, -0.25) is 5.14 Å². The molecule has 0 bridgehead atoms. The summed E-state index contributed by atoms with van der Waals surface area (Å²) in [7, 11) is 0. The van der Waals surface area contributed by atoms with Crippen LogP contribution in [0.5, 0.6) is 0 Å². The molecule has 2 atom stereocenters. The predicted molar refractivity (Wildman–Crippen MR) is 100 cm³/mol. The van der Waals surface area contributed by atoms with Crippen LogP contribution >= 0.6 is 11.9 Å². The Morgan fingerprint density at radius 2 is 1.84 bits per heavy atom. The van der Waals surface area contributed by atoms with Gasteiger partial charge in [-0.25, -0.2) is 0 Å². The number of benzene rings is 2. The van der Waals surface area contributed by atoms with Crippen LogP contribution in [-0.2, 0) is 0 Å². The van der Waals surface area contributed by atoms with Crippen molar-refractivity contribution in [2.24, 2.45) is 10.6 Å². The molecule has 5 heteroatoms. The molecule has 0 radical (unpaired) electrons. The van der Waals surface area contributed by atoms with Crippen LogP contribution in [0.25, 0.3) is 11.4 Å². The minimum atomic E-state index is 0.0998. The van der Waals surface area contributed by atoms with Gasteiger partial charge in [0, 0.05) is 16.4 Å². The molecule has 2 N–H and O–H groups in total. The lowest BCUT2D eigenvalue weighted by molar-refractivity contribution is 0.368. The van der Waals surface area contributed by atoms with Crippen LogP contribution in [0.3, 0.4) is 0 Å². The minimum absolute atomic E-state index is 0.0998. The SMILES string of the molecule is Cc1cc(SN)ccc1C1C(c2nc(-c3ccccc3)no2)C1(C)C. The van der Waals surface area contributed by atoms with E-state index in [1.54, 1.807) is 0 Å². The number of rotatable bonds is 4. The molecule has 3 aromatic rings. The highest BCUT2D eigenvalue weighted by Gasteiger charge is 2.62. The molecular weight excluding hydrogens is 330 g/mol. The number of hydrogen-bond acceptors (Lipinski definition) is 5. The van der Waals surface area contributed by atoms with Crippen LogP contribution in [0.2, 0.25) is 0 Å². The Balaban J connectivity index is 1.65. The first kappa shape index (κ1) is 16.4. The van der Waals surface area contributed by atoms with Crippen molar-refractivity contribution in [3.05, 3.63) is 65.5 Å². The number of hydrogen-bond donors (Lipinski definition) is 1. The van der Waals surface area contributed by atoms with E-state index in [0.29, 0.717) is 11.7 Å². The van der Waals surface area contributed by atoms with Crippen molar-refractivity contribution >= 4 is 11.9 Å². The fourth-order valence-corrected chi connectivity index (χ4v) is 4.21. The lowest BCUT2D eigenvalue weighted by Crippen LogP contribution is -1.93. The maximum atomic E-state index is 5.67. The van der Waals surface area contributed by atoms with Gasteiger partial charge in [-0.05, 0) is 47.5 Å². The quantitative estimate of drug-likeness (QED) is 0.676. The summed E-state index contributed by atoms with van der Waals surface area (Å²) in [6.07, 6.45) is 0. The average Bonchev–Trinajstić information content (AvgIpc) is 2.97. The third kappa shape index (κ3) is 2.77. The highest BCUT2D eigenvalue weighted by Crippen LogP contribution is 2.70. The molecule has 1 heterocycles. The normalized spacial score (nSPS) is 21.3. The van der Waals surface area contributed by atoms with Gasteiger partial charge in [0.25, 0.3) is 0 Å². The number of nitrogens with zero attached hydrogens (tertiary/aromatic N) is 2. The summed E-state index contributed by atoms with van der Waals surface area (Å²) in [6, 6.07) is 16.4. The second-order valence-corrected chi connectivity index (χ2v) is 7.94. The maximum absolute atomic E-state index is 5.67. The number of aryl methyl sites for hydroxylation is 1. The van der Waals surface area contributed by atoms with Gasteiger partial charge in [-0.2, -0.15) is 4.98 Å². The van der Waals surface area contributed by atoms with Crippen molar-refractivity contribution in [2.45, 2.75) is 37.5 Å². The molecule has 2 aromatic carbocycles. The summed E-state index contributed by atoms with van der Waals surface area (Å²) in [4.78, 5) is 5.76. The molecule has 0 spiro atoms. The zero-order chi connectivity index (χ0) is 17.6. The summed E-state index contributed by atoms with van der Waals surface area (Å²) in [5.41, 5.74) is 3.68. The van der Waals surface area contributed by atoms with Gasteiger partial charge in [0.1, 0.15) is 0 Å². The van der Waals surface area contributed by atoms with Crippen molar-refractivity contribution in [1.29, 1.82) is 0 Å². The van der Waals surface area contributed by atoms with Gasteiger partial charge >= 0.3 is 0 Å². The molecule has 1 saturated carbocycles. The minimum Gasteiger partial charge on any atom is -0.339 e. The van der Waals surface area contributed by atoms with Crippen LogP contribution in [-0.4, -0.2) is 10.1 Å². The van der Waals surface area contributed by atoms with Gasteiger partial charge in [-0.15, -0.1) is 0 Å². The van der Waals surface area contributed by atoms with Crippen molar-refractivity contribution in [3.63, 3.8) is 0 Å². The van der Waals surface area contributed by atoms with Crippen molar-refractivity contribution in [3.8, 4) is 11.4 Å². The van der Waals surface area contributed by atoms with Crippen LogP contribution in [0, 0.1) is 12.3 Å². The molecule has 1 aromatic heterocycles. The van der Waals surface area contributed by atoms with E-state index < -0.39 is 0 Å². The van der Waals surface area contributed by atoms with E-state index in [9.17, 15) is 0 Å². The van der Waals surface area contributed by atoms with Gasteiger partial charge in [0.05, 0.1) is 5.92 Å². The van der Waals surface area contributed by atoms with Gasteiger partial charge in [0.15, 0.2) is 0 Å². The Hall–Kier alpha value is -2.11. The lowest BCUT2D eigenvalue weighted by Gasteiger charge is -2.08. The maximum Gasteiger partial charge on any atom is 0.231 e. The summed E-state index contributed by atoms with van der Waals surface area (Å²) >= 11 is 1.28. The van der Waals surface area contributed by atoms with E-state index >= 15 is 0 Å². The molecule has 4 rings (SSSR count). The van der Waals surface area contributed by atoms with Gasteiger partial charge in [0.2, 0.25) is 11.7 Å². The summed E-state index contributed by atoms with van der Waals surface area (Å²) in [5.74, 6) is 2.01. The molecule has 4 nitrogen and oxygen atoms in total. The molecule has 0 saturated heterocycles. The Kier molecular flexibility index (Phi) is 3.93. The van der Waals surface area contributed by atoms with Crippen molar-refractivity contribution in [1.82, 2.24) is 10.1 Å². The Bertz CT molecular complexity index is 904. The topological polar surface area (TPSA) is 64.9 Å². The fraction of sp³-hybridized carbons (Fsp3) is 0.300. The number of aromatic nitrogens is 2. The Labute approximate surface area is 152 Å². The van der Waals surface area contributed by atoms with E-state index in [4.69, 9.17) is 9.66 Å². The van der Waals surface area contributed by atoms with Crippen LogP contribution in [0.1, 0.15) is 42.7 Å². The van der Waals surface area contributed by atoms with Crippen molar-refractivity contribution < 1.29 is 4.52 Å². The monoisotopic (exact) mass is 351 g/mol. The average molecular weight is 351 g/mol. The molecular formula is C20H21N3OS. The molecule has 1 aliphatic rings. The highest BCUT2D eigenvalue weighted by atomic mass is 32.2. The van der Waals surface area contributed by atoms with Crippen LogP contribution < -0.4 is 5.14 Å². The molecule has 1 aliphatic carbocycles. The van der Waals surface area contributed by atoms with Gasteiger partial charge < -0.3 is 4.52 Å². The molecule has 0 aliphatic heterocycles. The van der Waals surface area contributed by atoms with Crippen LogP contribution in [0.4, 0.5) is 0 Å². The zero-order valence-corrected chi connectivity index (χ0v) is 15.4. The predicted octanol–water partition coefficient (Wildman–Crippen LogP) is 4.92. The Morgan fingerprint density at radius 1 is 1.08 bits per heavy atom. The van der Waals surface area contributed by atoms with Crippen molar-refractivity contribution in [2.75, 3.05) is 0 Å². The summed E-state index contributed by atoms with van der Waals surface area (Å²) in [6.45, 7) is 6.67. The van der Waals surface area contributed by atoms with Gasteiger partial charge in [-0.1, -0.05) is 55.4 Å². The second kappa shape index (κ2) is 6.00. The number of nitrogens with two attached hydrogens (primary N) is 1. The fourth-order valence-electron chi connectivity index (χ4n) is 3.82. The third-order valence-electron chi connectivity index (χ3n) is 5.28. The second-order valence-electron chi connectivity index (χ2n) is 7.24. The standard InChI is InChI=1S/C20H21N3OS/c1-12-11-14(25-21)9-10-15(12)16-17(20(16,2)3)19-22-18(23-24-19)13-7-5-4-6-8-13/h4-11,16-17H,21H2,1-3H3. The summed E-state index contributed by atoms with van der Waals surface area (Å²) < 4.78 is 5.63. The van der Waals surface area contributed by atoms with E-state index in [0.717, 1.165) is 16.3 Å². The van der Waals surface area contributed by atoms with E-state index in [-0.39, 0.29) is 11.3 Å². The van der Waals surface area contributed by atoms with E-state index in [2.05, 4.69) is 49.1 Å². The van der Waals surface area contributed by atoms with E-state index in [1.807, 2.05) is 30.3 Å². The molecule has 128 valence electrons. The Morgan fingerprint density at radius 3 is 2.52 bits per heavy atom. The van der Waals surface area contributed by atoms with E-state index in [1.165, 1.54) is 23.1 Å².